The number of ether oxygens (including phenoxy) is 3. The summed E-state index contributed by atoms with van der Waals surface area (Å²) in [6.07, 6.45) is 56.4. The van der Waals surface area contributed by atoms with Crippen LogP contribution in [0.4, 0.5) is 0 Å². The van der Waals surface area contributed by atoms with Crippen molar-refractivity contribution in [3.8, 4) is 0 Å². The second-order valence-electron chi connectivity index (χ2n) is 14.5. The lowest BCUT2D eigenvalue weighted by Crippen LogP contribution is -2.30. The molecule has 0 aromatic carbocycles. The van der Waals surface area contributed by atoms with Crippen LogP contribution in [-0.2, 0) is 23.8 Å². The second kappa shape index (κ2) is 44.7. The Hall–Kier alpha value is -2.66. The van der Waals surface area contributed by atoms with Gasteiger partial charge in [0.25, 0.3) is 0 Å². The highest BCUT2D eigenvalue weighted by molar-refractivity contribution is 5.70. The average molecular weight is 753 g/mol. The maximum Gasteiger partial charge on any atom is 0.306 e. The molecular formula is C49H84O5. The zero-order valence-electron chi connectivity index (χ0n) is 35.5. The molecule has 0 saturated carbocycles. The molecule has 5 heteroatoms. The summed E-state index contributed by atoms with van der Waals surface area (Å²) in [5.74, 6) is -0.432. The van der Waals surface area contributed by atoms with E-state index in [1.54, 1.807) is 0 Å². The third-order valence-corrected chi connectivity index (χ3v) is 9.24. The topological polar surface area (TPSA) is 61.8 Å². The van der Waals surface area contributed by atoms with Gasteiger partial charge in [-0.25, -0.2) is 0 Å². The minimum absolute atomic E-state index is 0.0719. The number of esters is 2. The number of rotatable bonds is 40. The number of allylic oxidation sites excluding steroid dienone is 12. The lowest BCUT2D eigenvalue weighted by Gasteiger charge is -2.18. The van der Waals surface area contributed by atoms with Crippen molar-refractivity contribution < 1.29 is 23.8 Å². The van der Waals surface area contributed by atoms with E-state index in [0.717, 1.165) is 103 Å². The van der Waals surface area contributed by atoms with Crippen LogP contribution in [-0.4, -0.2) is 37.9 Å². The molecule has 0 bridgehead atoms. The molecule has 0 N–H and O–H groups in total. The van der Waals surface area contributed by atoms with Crippen LogP contribution >= 0.6 is 0 Å². The van der Waals surface area contributed by atoms with Gasteiger partial charge in [-0.1, -0.05) is 177 Å². The smallest absolute Gasteiger partial charge is 0.306 e. The van der Waals surface area contributed by atoms with E-state index in [2.05, 4.69) is 93.7 Å². The normalized spacial score (nSPS) is 12.9. The van der Waals surface area contributed by atoms with Crippen molar-refractivity contribution >= 4 is 11.9 Å². The molecule has 0 radical (unpaired) electrons. The van der Waals surface area contributed by atoms with Crippen molar-refractivity contribution in [3.05, 3.63) is 72.9 Å². The molecule has 54 heavy (non-hydrogen) atoms. The summed E-state index contributed by atoms with van der Waals surface area (Å²) >= 11 is 0. The summed E-state index contributed by atoms with van der Waals surface area (Å²) < 4.78 is 17.2. The van der Waals surface area contributed by atoms with Crippen LogP contribution in [0.3, 0.4) is 0 Å². The first-order valence-corrected chi connectivity index (χ1v) is 22.5. The summed E-state index contributed by atoms with van der Waals surface area (Å²) in [6, 6.07) is 0. The molecule has 0 amide bonds. The second-order valence-corrected chi connectivity index (χ2v) is 14.5. The van der Waals surface area contributed by atoms with E-state index in [1.165, 1.54) is 64.2 Å². The minimum Gasteiger partial charge on any atom is -0.462 e. The first-order valence-electron chi connectivity index (χ1n) is 22.5. The van der Waals surface area contributed by atoms with Gasteiger partial charge >= 0.3 is 11.9 Å². The van der Waals surface area contributed by atoms with E-state index in [4.69, 9.17) is 14.2 Å². The quantitative estimate of drug-likeness (QED) is 0.0354. The van der Waals surface area contributed by atoms with Gasteiger partial charge in [0.1, 0.15) is 6.61 Å². The third kappa shape index (κ3) is 42.1. The summed E-state index contributed by atoms with van der Waals surface area (Å²) in [7, 11) is 0. The first-order chi connectivity index (χ1) is 26.6. The van der Waals surface area contributed by atoms with Gasteiger partial charge in [-0.05, 0) is 83.5 Å². The van der Waals surface area contributed by atoms with Gasteiger partial charge in [0.05, 0.1) is 6.61 Å². The van der Waals surface area contributed by atoms with E-state index in [-0.39, 0.29) is 25.2 Å². The van der Waals surface area contributed by atoms with Gasteiger partial charge in [0.15, 0.2) is 6.10 Å². The third-order valence-electron chi connectivity index (χ3n) is 9.24. The van der Waals surface area contributed by atoms with E-state index in [9.17, 15) is 9.59 Å². The molecule has 1 unspecified atom stereocenters. The highest BCUT2D eigenvalue weighted by atomic mass is 16.6. The van der Waals surface area contributed by atoms with Crippen LogP contribution in [0.15, 0.2) is 72.9 Å². The zero-order valence-corrected chi connectivity index (χ0v) is 35.5. The predicted octanol–water partition coefficient (Wildman–Crippen LogP) is 14.8. The highest BCUT2D eigenvalue weighted by Gasteiger charge is 2.17. The Morgan fingerprint density at radius 3 is 1.33 bits per heavy atom. The molecule has 5 nitrogen and oxygen atoms in total. The monoisotopic (exact) mass is 753 g/mol. The molecule has 0 aromatic rings. The standard InChI is InChI=1S/C49H84O5/c1-4-7-10-13-15-17-19-21-23-25-26-28-30-32-34-37-39-42-48(50)53-46-47(54-49(51)43-40-36-12-9-6-3)45-52-44-41-38-35-33-31-29-27-24-22-20-18-16-14-11-8-5-2/h7-8,10-11,15-18,21-24,47H,4-6,9,12-14,19-20,25-46H2,1-3H3/b10-7-,11-8-,17-15-,18-16-,23-21-,24-22-. The molecular weight excluding hydrogens is 669 g/mol. The van der Waals surface area contributed by atoms with Crippen molar-refractivity contribution in [2.75, 3.05) is 19.8 Å². The predicted molar refractivity (Wildman–Crippen MR) is 233 cm³/mol. The Kier molecular flexibility index (Phi) is 42.5. The van der Waals surface area contributed by atoms with E-state index in [1.807, 2.05) is 0 Å². The minimum atomic E-state index is -0.544. The van der Waals surface area contributed by atoms with E-state index < -0.39 is 6.10 Å². The summed E-state index contributed by atoms with van der Waals surface area (Å²) in [4.78, 5) is 25.0. The average Bonchev–Trinajstić information content (AvgIpc) is 3.17. The van der Waals surface area contributed by atoms with Gasteiger partial charge in [-0.2, -0.15) is 0 Å². The molecule has 1 atom stereocenters. The molecule has 0 aliphatic heterocycles. The van der Waals surface area contributed by atoms with E-state index in [0.29, 0.717) is 19.4 Å². The Morgan fingerprint density at radius 1 is 0.426 bits per heavy atom. The molecule has 0 aliphatic carbocycles. The van der Waals surface area contributed by atoms with Crippen molar-refractivity contribution in [1.29, 1.82) is 0 Å². The van der Waals surface area contributed by atoms with Crippen LogP contribution in [0.25, 0.3) is 0 Å². The fourth-order valence-electron chi connectivity index (χ4n) is 5.95. The number of carbonyl (C=O) groups is 2. The number of carbonyl (C=O) groups excluding carboxylic acids is 2. The van der Waals surface area contributed by atoms with Gasteiger partial charge in [-0.3, -0.25) is 9.59 Å². The Morgan fingerprint density at radius 2 is 0.833 bits per heavy atom. The molecule has 0 fully saturated rings. The van der Waals surface area contributed by atoms with Gasteiger partial charge < -0.3 is 14.2 Å². The fraction of sp³-hybridized carbons (Fsp3) is 0.714. The first kappa shape index (κ1) is 51.3. The molecule has 0 heterocycles. The van der Waals surface area contributed by atoms with Crippen LogP contribution in [0.5, 0.6) is 0 Å². The van der Waals surface area contributed by atoms with Crippen LogP contribution in [0.2, 0.25) is 0 Å². The number of unbranched alkanes of at least 4 members (excludes halogenated alkanes) is 17. The maximum atomic E-state index is 12.5. The summed E-state index contributed by atoms with van der Waals surface area (Å²) in [6.45, 7) is 7.49. The van der Waals surface area contributed by atoms with Crippen molar-refractivity contribution in [3.63, 3.8) is 0 Å². The van der Waals surface area contributed by atoms with Crippen molar-refractivity contribution in [2.45, 2.75) is 207 Å². The maximum absolute atomic E-state index is 12.5. The number of hydrogen-bond acceptors (Lipinski definition) is 5. The van der Waals surface area contributed by atoms with Gasteiger partial charge in [0, 0.05) is 19.4 Å². The molecule has 0 aliphatic rings. The highest BCUT2D eigenvalue weighted by Crippen LogP contribution is 2.13. The molecule has 0 rings (SSSR count). The number of hydrogen-bond donors (Lipinski definition) is 0. The fourth-order valence-corrected chi connectivity index (χ4v) is 5.95. The lowest BCUT2D eigenvalue weighted by molar-refractivity contribution is -0.163. The molecule has 310 valence electrons. The van der Waals surface area contributed by atoms with Crippen molar-refractivity contribution in [1.82, 2.24) is 0 Å². The molecule has 0 aromatic heterocycles. The van der Waals surface area contributed by atoms with Crippen molar-refractivity contribution in [2.24, 2.45) is 0 Å². The summed E-state index contributed by atoms with van der Waals surface area (Å²) in [5.41, 5.74) is 0. The van der Waals surface area contributed by atoms with Crippen LogP contribution in [0.1, 0.15) is 201 Å². The molecule has 0 spiro atoms. The SMILES string of the molecule is CC/C=C\C/C=C\C/C=C\CCCCCCCCCC(=O)OCC(COCCCCCCCC/C=C\C/C=C\C/C=C\CC)OC(=O)CCCCCCC. The van der Waals surface area contributed by atoms with Gasteiger partial charge in [0.2, 0.25) is 0 Å². The zero-order chi connectivity index (χ0) is 39.3. The summed E-state index contributed by atoms with van der Waals surface area (Å²) in [5, 5.41) is 0. The van der Waals surface area contributed by atoms with E-state index >= 15 is 0 Å². The Balaban J connectivity index is 4.10. The molecule has 0 saturated heterocycles. The van der Waals surface area contributed by atoms with Crippen LogP contribution < -0.4 is 0 Å². The largest absolute Gasteiger partial charge is 0.462 e. The lowest BCUT2D eigenvalue weighted by atomic mass is 10.1. The Bertz CT molecular complexity index is 988. The van der Waals surface area contributed by atoms with Crippen LogP contribution in [0, 0.1) is 0 Å². The van der Waals surface area contributed by atoms with Gasteiger partial charge in [-0.15, -0.1) is 0 Å². The Labute approximate surface area is 334 Å².